The Balaban J connectivity index is 1.61. The van der Waals surface area contributed by atoms with Gasteiger partial charge in [-0.1, -0.05) is 91.6 Å². The van der Waals surface area contributed by atoms with E-state index in [2.05, 4.69) is 26.8 Å². The molecule has 1 aromatic carbocycles. The van der Waals surface area contributed by atoms with E-state index in [1.54, 1.807) is 30.8 Å². The molecule has 426 valence electrons. The second kappa shape index (κ2) is 32.1. The Morgan fingerprint density at radius 2 is 1.37 bits per heavy atom. The number of aliphatic hydroxyl groups excluding tert-OH is 1. The molecule has 1 saturated heterocycles. The Bertz CT molecular complexity index is 2110. The number of carbonyl (C=O) groups is 9. The Morgan fingerprint density at radius 3 is 1.92 bits per heavy atom. The zero-order valence-corrected chi connectivity index (χ0v) is 47.1. The average molecular weight is 1070 g/mol. The molecular weight excluding hydrogens is 979 g/mol. The summed E-state index contributed by atoms with van der Waals surface area (Å²) in [5.41, 5.74) is 5.71. The topological polar surface area (TPSA) is 265 Å². The molecule has 0 aromatic heterocycles. The van der Waals surface area contributed by atoms with Crippen LogP contribution in [0.3, 0.4) is 0 Å². The van der Waals surface area contributed by atoms with Crippen LogP contribution in [-0.2, 0) is 59.2 Å². The number of amides is 9. The van der Waals surface area contributed by atoms with E-state index in [0.29, 0.717) is 58.0 Å². The largest absolute Gasteiger partial charge is 0.391 e. The summed E-state index contributed by atoms with van der Waals surface area (Å²) >= 11 is 0. The van der Waals surface area contributed by atoms with Crippen LogP contribution in [0.5, 0.6) is 0 Å². The predicted octanol–water partition coefficient (Wildman–Crippen LogP) is 2.60. The van der Waals surface area contributed by atoms with Gasteiger partial charge in [-0.15, -0.1) is 0 Å². The van der Waals surface area contributed by atoms with Gasteiger partial charge < -0.3 is 40.3 Å². The van der Waals surface area contributed by atoms with E-state index in [9.17, 15) is 48.3 Å². The highest BCUT2D eigenvalue weighted by molar-refractivity contribution is 6.12. The third-order valence-corrected chi connectivity index (χ3v) is 14.7. The number of likely N-dealkylation sites (N-methyl/N-ethyl adjacent to an activating group) is 2. The summed E-state index contributed by atoms with van der Waals surface area (Å²) < 4.78 is 12.0. The average Bonchev–Trinajstić information content (AvgIpc) is 4.00. The molecule has 2 heterocycles. The van der Waals surface area contributed by atoms with Crippen molar-refractivity contribution in [2.75, 3.05) is 47.9 Å². The molecular formula is C55H89N9O12. The number of hydrogen-bond donors (Lipinski definition) is 6. The lowest BCUT2D eigenvalue weighted by Gasteiger charge is -2.41. The summed E-state index contributed by atoms with van der Waals surface area (Å²) in [6.45, 7) is 15.8. The first-order valence-corrected chi connectivity index (χ1v) is 27.0. The molecule has 10 atom stereocenters. The molecule has 3 rings (SSSR count). The molecule has 2 aliphatic heterocycles. The van der Waals surface area contributed by atoms with Gasteiger partial charge in [-0.2, -0.15) is 0 Å². The van der Waals surface area contributed by atoms with Crippen LogP contribution < -0.4 is 26.8 Å². The molecule has 2 aliphatic rings. The van der Waals surface area contributed by atoms with Crippen molar-refractivity contribution in [1.29, 1.82) is 0 Å². The number of hydrogen-bond acceptors (Lipinski definition) is 13. The molecule has 0 unspecified atom stereocenters. The van der Waals surface area contributed by atoms with Crippen molar-refractivity contribution in [3.8, 4) is 0 Å². The zero-order valence-electron chi connectivity index (χ0n) is 47.1. The number of aliphatic hydroxyl groups is 1. The van der Waals surface area contributed by atoms with Crippen molar-refractivity contribution >= 4 is 53.2 Å². The number of imide groups is 1. The third-order valence-electron chi connectivity index (χ3n) is 14.7. The molecule has 6 N–H and O–H groups in total. The first-order valence-electron chi connectivity index (χ1n) is 27.0. The Hall–Kier alpha value is -5.77. The maximum Gasteiger partial charge on any atom is 0.253 e. The van der Waals surface area contributed by atoms with E-state index in [4.69, 9.17) is 9.47 Å². The Morgan fingerprint density at radius 1 is 0.763 bits per heavy atom. The minimum absolute atomic E-state index is 0.0748. The molecule has 0 bridgehead atoms. The third kappa shape index (κ3) is 19.1. The van der Waals surface area contributed by atoms with Crippen molar-refractivity contribution in [2.24, 2.45) is 23.7 Å². The summed E-state index contributed by atoms with van der Waals surface area (Å²) in [7, 11) is 6.43. The lowest BCUT2D eigenvalue weighted by Crippen LogP contribution is -2.60. The highest BCUT2D eigenvalue weighted by atomic mass is 16.5. The molecule has 0 saturated carbocycles. The van der Waals surface area contributed by atoms with Gasteiger partial charge in [-0.3, -0.25) is 63.8 Å². The maximum atomic E-state index is 14.7. The fraction of sp³-hybridized carbons (Fsp3) is 0.691. The minimum Gasteiger partial charge on any atom is -0.391 e. The SMILES string of the molecule is CC[C@H](C)[C@@H]([C@@H](CC(=O)N1CCC[C@H]1[C@H](OC)[C@@H](C)C(=O)N[C@H](C(=O)NCc1ccccc1)[C@@H](C)O)OC)N(C)C(=O)[C@@H](NC(=O)[C@H](C(C)C)N(C)CCCC(=O)NNC(=O)CCCCCN1C(=O)C=CC1=O)C(C)C. The summed E-state index contributed by atoms with van der Waals surface area (Å²) in [5.74, 6) is -4.91. The summed E-state index contributed by atoms with van der Waals surface area (Å²) in [6.07, 6.45) is 3.83. The minimum atomic E-state index is -1.23. The normalized spacial score (nSPS) is 18.1. The van der Waals surface area contributed by atoms with E-state index >= 15 is 0 Å². The molecule has 76 heavy (non-hydrogen) atoms. The quantitative estimate of drug-likeness (QED) is 0.0345. The van der Waals surface area contributed by atoms with Crippen molar-refractivity contribution in [1.82, 2.24) is 46.4 Å². The predicted molar refractivity (Wildman–Crippen MR) is 286 cm³/mol. The molecule has 21 heteroatoms. The number of carbonyl (C=O) groups excluding carboxylic acids is 9. The molecule has 0 radical (unpaired) electrons. The van der Waals surface area contributed by atoms with Crippen LogP contribution in [0, 0.1) is 23.7 Å². The fourth-order valence-electron chi connectivity index (χ4n) is 10.2. The van der Waals surface area contributed by atoms with E-state index in [0.717, 1.165) is 10.5 Å². The van der Waals surface area contributed by atoms with Gasteiger partial charge in [0.15, 0.2) is 0 Å². The number of benzene rings is 1. The van der Waals surface area contributed by atoms with E-state index in [1.807, 2.05) is 76.8 Å². The van der Waals surface area contributed by atoms with Crippen LogP contribution >= 0.6 is 0 Å². The highest BCUT2D eigenvalue weighted by Gasteiger charge is 2.44. The van der Waals surface area contributed by atoms with E-state index < -0.39 is 72.2 Å². The zero-order chi connectivity index (χ0) is 56.8. The number of nitrogens with zero attached hydrogens (tertiary/aromatic N) is 4. The molecule has 0 aliphatic carbocycles. The van der Waals surface area contributed by atoms with Gasteiger partial charge >= 0.3 is 0 Å². The molecule has 21 nitrogen and oxygen atoms in total. The fourth-order valence-corrected chi connectivity index (χ4v) is 10.2. The summed E-state index contributed by atoms with van der Waals surface area (Å²) in [5, 5.41) is 19.1. The maximum absolute atomic E-state index is 14.7. The number of methoxy groups -OCH3 is 2. The van der Waals surface area contributed by atoms with E-state index in [1.165, 1.54) is 33.3 Å². The van der Waals surface area contributed by atoms with Crippen LogP contribution in [0.25, 0.3) is 0 Å². The van der Waals surface area contributed by atoms with Gasteiger partial charge in [-0.25, -0.2) is 0 Å². The van der Waals surface area contributed by atoms with Gasteiger partial charge in [0.25, 0.3) is 11.8 Å². The standard InChI is InChI=1S/C55H89N9O12/c1-13-36(6)50(41(75-11)32-46(70)63-31-20-24-40(63)51(76-12)37(7)52(71)58-48(38(8)65)53(72)56-33-39-22-16-14-17-23-39)62(10)55(74)47(34(2)3)57-54(73)49(35(4)5)61(9)29-21-26-43(67)60-59-42(66)25-18-15-19-30-64-44(68)27-28-45(64)69/h14,16-17,22-23,27-28,34-38,40-41,47-51,65H,13,15,18-21,24-26,29-33H2,1-12H3,(H,56,72)(H,57,73)(H,58,71)(H,59,66)(H,60,67)/t36-,37+,38+,40-,41+,47-,48-,49-,50-,51+/m0/s1. The molecule has 1 aromatic rings. The first kappa shape index (κ1) is 64.5. The van der Waals surface area contributed by atoms with Gasteiger partial charge in [0, 0.05) is 65.9 Å². The van der Waals surface area contributed by atoms with Crippen LogP contribution in [0.4, 0.5) is 0 Å². The lowest BCUT2D eigenvalue weighted by molar-refractivity contribution is -0.148. The Kier molecular flexibility index (Phi) is 27.2. The highest BCUT2D eigenvalue weighted by Crippen LogP contribution is 2.30. The van der Waals surface area contributed by atoms with Crippen molar-refractivity contribution < 1.29 is 57.7 Å². The van der Waals surface area contributed by atoms with Crippen LogP contribution in [-0.4, -0.2) is 174 Å². The van der Waals surface area contributed by atoms with Crippen LogP contribution in [0.2, 0.25) is 0 Å². The molecule has 1 fully saturated rings. The lowest BCUT2D eigenvalue weighted by atomic mass is 9.89. The van der Waals surface area contributed by atoms with Crippen molar-refractivity contribution in [3.05, 3.63) is 48.0 Å². The smallest absolute Gasteiger partial charge is 0.253 e. The number of likely N-dealkylation sites (tertiary alicyclic amines) is 1. The molecule has 9 amide bonds. The monoisotopic (exact) mass is 1070 g/mol. The second-order valence-electron chi connectivity index (χ2n) is 21.1. The second-order valence-corrected chi connectivity index (χ2v) is 21.1. The van der Waals surface area contributed by atoms with Crippen molar-refractivity contribution in [3.63, 3.8) is 0 Å². The number of ether oxygens (including phenoxy) is 2. The van der Waals surface area contributed by atoms with E-state index in [-0.39, 0.29) is 85.5 Å². The Labute approximate surface area is 450 Å². The van der Waals surface area contributed by atoms with Gasteiger partial charge in [0.05, 0.1) is 48.8 Å². The first-order chi connectivity index (χ1) is 36.0. The summed E-state index contributed by atoms with van der Waals surface area (Å²) in [6, 6.07) is 5.37. The number of nitrogens with one attached hydrogen (secondary N) is 5. The van der Waals surface area contributed by atoms with Gasteiger partial charge in [0.2, 0.25) is 41.4 Å². The van der Waals surface area contributed by atoms with Crippen molar-refractivity contribution in [2.45, 2.75) is 175 Å². The number of hydrazine groups is 1. The number of unbranched alkanes of at least 4 members (excludes halogenated alkanes) is 2. The van der Waals surface area contributed by atoms with Gasteiger partial charge in [0.1, 0.15) is 12.1 Å². The van der Waals surface area contributed by atoms with Gasteiger partial charge in [-0.05, 0) is 75.9 Å². The van der Waals surface area contributed by atoms with Crippen LogP contribution in [0.15, 0.2) is 42.5 Å². The number of rotatable bonds is 32. The van der Waals surface area contributed by atoms with Crippen LogP contribution in [0.1, 0.15) is 125 Å². The molecule has 0 spiro atoms. The summed E-state index contributed by atoms with van der Waals surface area (Å²) in [4.78, 5) is 125.